The molecule has 5 aromatic rings. The molecule has 0 fully saturated rings. The Labute approximate surface area is 146 Å². The Bertz CT molecular complexity index is 1260. The van der Waals surface area contributed by atoms with Gasteiger partial charge in [-0.2, -0.15) is 5.26 Å². The quantitative estimate of drug-likeness (QED) is 0.350. The molecule has 0 aromatic heterocycles. The first-order valence-electron chi connectivity index (χ1n) is 8.48. The fourth-order valence-electron chi connectivity index (χ4n) is 3.93. The van der Waals surface area contributed by atoms with E-state index in [0.29, 0.717) is 6.42 Å². The number of hydrogen-bond acceptors (Lipinski definition) is 1. The van der Waals surface area contributed by atoms with Crippen LogP contribution in [0.2, 0.25) is 0 Å². The van der Waals surface area contributed by atoms with Gasteiger partial charge in [0, 0.05) is 0 Å². The highest BCUT2D eigenvalue weighted by molar-refractivity contribution is 6.25. The average Bonchev–Trinajstić information content (AvgIpc) is 2.66. The molecule has 0 aliphatic carbocycles. The van der Waals surface area contributed by atoms with E-state index < -0.39 is 0 Å². The van der Waals surface area contributed by atoms with E-state index >= 15 is 0 Å². The molecule has 25 heavy (non-hydrogen) atoms. The van der Waals surface area contributed by atoms with Crippen LogP contribution in [0.1, 0.15) is 5.56 Å². The average molecular weight is 317 g/mol. The zero-order valence-corrected chi connectivity index (χ0v) is 13.7. The third kappa shape index (κ3) is 2.08. The smallest absolute Gasteiger partial charge is 0.0669 e. The van der Waals surface area contributed by atoms with Gasteiger partial charge in [0.1, 0.15) is 0 Å². The third-order valence-corrected chi connectivity index (χ3v) is 5.05. The summed E-state index contributed by atoms with van der Waals surface area (Å²) in [7, 11) is 0. The predicted octanol–water partition coefficient (Wildman–Crippen LogP) is 6.32. The van der Waals surface area contributed by atoms with Gasteiger partial charge in [-0.05, 0) is 49.0 Å². The third-order valence-electron chi connectivity index (χ3n) is 5.05. The van der Waals surface area contributed by atoms with Crippen molar-refractivity contribution >= 4 is 32.3 Å². The van der Waals surface area contributed by atoms with Crippen LogP contribution in [0, 0.1) is 11.3 Å². The Hall–Kier alpha value is -3.37. The molecule has 0 N–H and O–H groups in total. The van der Waals surface area contributed by atoms with E-state index in [9.17, 15) is 0 Å². The molecule has 0 amide bonds. The van der Waals surface area contributed by atoms with Crippen molar-refractivity contribution in [3.05, 3.63) is 84.4 Å². The van der Waals surface area contributed by atoms with Gasteiger partial charge in [0.2, 0.25) is 0 Å². The van der Waals surface area contributed by atoms with Crippen LogP contribution in [0.4, 0.5) is 0 Å². The largest absolute Gasteiger partial charge is 0.198 e. The van der Waals surface area contributed by atoms with E-state index in [-0.39, 0.29) is 0 Å². The van der Waals surface area contributed by atoms with Gasteiger partial charge in [-0.25, -0.2) is 0 Å². The van der Waals surface area contributed by atoms with Crippen LogP contribution < -0.4 is 0 Å². The maximum atomic E-state index is 8.99. The standard InChI is InChI=1S/C24H15N/c25-14-13-16-3-1-6-20(15-16)21-11-9-19-8-7-17-4-2-5-18-10-12-22(21)24(19)23(17)18/h1-12,15H,13H2. The fraction of sp³-hybridized carbons (Fsp3) is 0.0417. The molecule has 5 aromatic carbocycles. The molecular weight excluding hydrogens is 302 g/mol. The Morgan fingerprint density at radius 3 is 2.16 bits per heavy atom. The van der Waals surface area contributed by atoms with Gasteiger partial charge in [0.05, 0.1) is 12.5 Å². The molecule has 1 heteroatoms. The summed E-state index contributed by atoms with van der Waals surface area (Å²) >= 11 is 0. The zero-order chi connectivity index (χ0) is 16.8. The van der Waals surface area contributed by atoms with Gasteiger partial charge in [-0.3, -0.25) is 0 Å². The molecule has 116 valence electrons. The summed E-state index contributed by atoms with van der Waals surface area (Å²) in [5.41, 5.74) is 3.46. The van der Waals surface area contributed by atoms with E-state index in [1.54, 1.807) is 0 Å². The van der Waals surface area contributed by atoms with Gasteiger partial charge in [-0.1, -0.05) is 78.9 Å². The van der Waals surface area contributed by atoms with Crippen LogP contribution in [0.3, 0.4) is 0 Å². The van der Waals surface area contributed by atoms with Crippen LogP contribution >= 0.6 is 0 Å². The fourth-order valence-corrected chi connectivity index (χ4v) is 3.93. The van der Waals surface area contributed by atoms with Gasteiger partial charge in [-0.15, -0.1) is 0 Å². The first kappa shape index (κ1) is 14.0. The van der Waals surface area contributed by atoms with Crippen molar-refractivity contribution in [1.29, 1.82) is 5.26 Å². The Kier molecular flexibility index (Phi) is 2.99. The number of benzene rings is 5. The highest BCUT2D eigenvalue weighted by Crippen LogP contribution is 2.39. The molecule has 0 saturated carbocycles. The highest BCUT2D eigenvalue weighted by atomic mass is 14.2. The lowest BCUT2D eigenvalue weighted by atomic mass is 9.89. The predicted molar refractivity (Wildman–Crippen MR) is 105 cm³/mol. The number of nitrogens with zero attached hydrogens (tertiary/aromatic N) is 1. The molecule has 0 saturated heterocycles. The maximum absolute atomic E-state index is 8.99. The van der Waals surface area contributed by atoms with Crippen molar-refractivity contribution in [3.63, 3.8) is 0 Å². The van der Waals surface area contributed by atoms with Crippen molar-refractivity contribution in [3.8, 4) is 17.2 Å². The zero-order valence-electron chi connectivity index (χ0n) is 13.7. The Morgan fingerprint density at radius 1 is 0.680 bits per heavy atom. The lowest BCUT2D eigenvalue weighted by Gasteiger charge is -2.14. The second-order valence-corrected chi connectivity index (χ2v) is 6.50. The van der Waals surface area contributed by atoms with Crippen molar-refractivity contribution in [1.82, 2.24) is 0 Å². The van der Waals surface area contributed by atoms with E-state index in [1.807, 2.05) is 12.1 Å². The Morgan fingerprint density at radius 2 is 1.36 bits per heavy atom. The van der Waals surface area contributed by atoms with Crippen LogP contribution in [0.15, 0.2) is 78.9 Å². The highest BCUT2D eigenvalue weighted by Gasteiger charge is 2.11. The van der Waals surface area contributed by atoms with E-state index in [0.717, 1.165) is 5.56 Å². The minimum atomic E-state index is 0.444. The summed E-state index contributed by atoms with van der Waals surface area (Å²) in [6, 6.07) is 30.3. The normalized spacial score (nSPS) is 11.3. The molecule has 0 atom stereocenters. The molecule has 0 aliphatic heterocycles. The summed E-state index contributed by atoms with van der Waals surface area (Å²) in [6.45, 7) is 0. The van der Waals surface area contributed by atoms with E-state index in [2.05, 4.69) is 72.8 Å². The maximum Gasteiger partial charge on any atom is 0.0669 e. The van der Waals surface area contributed by atoms with Crippen molar-refractivity contribution in [2.75, 3.05) is 0 Å². The van der Waals surface area contributed by atoms with Crippen LogP contribution in [0.5, 0.6) is 0 Å². The molecule has 0 unspecified atom stereocenters. The molecule has 0 spiro atoms. The van der Waals surface area contributed by atoms with E-state index in [1.165, 1.54) is 43.4 Å². The summed E-state index contributed by atoms with van der Waals surface area (Å²) in [5, 5.41) is 16.8. The lowest BCUT2D eigenvalue weighted by molar-refractivity contribution is 1.26. The van der Waals surface area contributed by atoms with Crippen LogP contribution in [-0.2, 0) is 6.42 Å². The Balaban J connectivity index is 1.88. The monoisotopic (exact) mass is 317 g/mol. The topological polar surface area (TPSA) is 23.8 Å². The first-order valence-corrected chi connectivity index (χ1v) is 8.48. The molecule has 0 heterocycles. The van der Waals surface area contributed by atoms with E-state index in [4.69, 9.17) is 5.26 Å². The minimum absolute atomic E-state index is 0.444. The SMILES string of the molecule is N#CCc1cccc(-c2ccc3ccc4cccc5ccc2c3c45)c1. The second-order valence-electron chi connectivity index (χ2n) is 6.50. The van der Waals surface area contributed by atoms with Gasteiger partial charge < -0.3 is 0 Å². The first-order chi connectivity index (χ1) is 12.3. The summed E-state index contributed by atoms with van der Waals surface area (Å²) in [6.07, 6.45) is 0.444. The second kappa shape index (κ2) is 5.33. The molecule has 0 radical (unpaired) electrons. The number of rotatable bonds is 2. The summed E-state index contributed by atoms with van der Waals surface area (Å²) < 4.78 is 0. The van der Waals surface area contributed by atoms with Crippen molar-refractivity contribution in [2.45, 2.75) is 6.42 Å². The lowest BCUT2D eigenvalue weighted by Crippen LogP contribution is -1.88. The van der Waals surface area contributed by atoms with Crippen molar-refractivity contribution in [2.24, 2.45) is 0 Å². The van der Waals surface area contributed by atoms with Crippen LogP contribution in [0.25, 0.3) is 43.4 Å². The minimum Gasteiger partial charge on any atom is -0.198 e. The molecule has 5 rings (SSSR count). The van der Waals surface area contributed by atoms with Gasteiger partial charge >= 0.3 is 0 Å². The number of hydrogen-bond donors (Lipinski definition) is 0. The summed E-state index contributed by atoms with van der Waals surface area (Å²) in [5.74, 6) is 0. The molecule has 1 nitrogen and oxygen atoms in total. The summed E-state index contributed by atoms with van der Waals surface area (Å²) in [4.78, 5) is 0. The van der Waals surface area contributed by atoms with Crippen LogP contribution in [-0.4, -0.2) is 0 Å². The number of nitriles is 1. The molecular formula is C24H15N. The van der Waals surface area contributed by atoms with Gasteiger partial charge in [0.25, 0.3) is 0 Å². The molecule has 0 bridgehead atoms. The van der Waals surface area contributed by atoms with Gasteiger partial charge in [0.15, 0.2) is 0 Å². The molecule has 0 aliphatic rings. The van der Waals surface area contributed by atoms with Crippen molar-refractivity contribution < 1.29 is 0 Å².